The average Bonchev–Trinajstić information content (AvgIpc) is 2.67. The van der Waals surface area contributed by atoms with Crippen molar-refractivity contribution < 1.29 is 18.9 Å². The molecule has 0 spiro atoms. The lowest BCUT2D eigenvalue weighted by atomic mass is 10.3. The number of para-hydroxylation sites is 2. The lowest BCUT2D eigenvalue weighted by Gasteiger charge is -2.19. The minimum atomic E-state index is -0.512. The molecule has 0 heterocycles. The van der Waals surface area contributed by atoms with Crippen LogP contribution in [0.5, 0.6) is 23.0 Å². The fraction of sp³-hybridized carbons (Fsp3) is 0.455. The van der Waals surface area contributed by atoms with E-state index in [9.17, 15) is 0 Å². The van der Waals surface area contributed by atoms with E-state index in [2.05, 4.69) is 31.2 Å². The van der Waals surface area contributed by atoms with Crippen molar-refractivity contribution in [3.8, 4) is 23.0 Å². The van der Waals surface area contributed by atoms with Crippen molar-refractivity contribution >= 4 is 29.4 Å². The van der Waals surface area contributed by atoms with Crippen LogP contribution in [-0.4, -0.2) is 45.5 Å². The molecule has 2 rings (SSSR count). The highest BCUT2D eigenvalue weighted by Gasteiger charge is 2.18. The van der Waals surface area contributed by atoms with Gasteiger partial charge < -0.3 is 18.9 Å². The number of benzene rings is 2. The van der Waals surface area contributed by atoms with E-state index < -0.39 is 19.0 Å². The number of hydrogen-bond acceptors (Lipinski definition) is 4. The standard InChI is InChI=1S/C22H34O4Si2/c1-6-23-17-12-10-14-19(21(17)25-8-3)27-16(5)28-20-15-11-13-18(24-7-2)22(20)26-9-4/h10-16H,6-9,27-28H2,1-5H3. The van der Waals surface area contributed by atoms with Crippen LogP contribution in [0.3, 0.4) is 0 Å². The van der Waals surface area contributed by atoms with Gasteiger partial charge >= 0.3 is 0 Å². The van der Waals surface area contributed by atoms with E-state index in [4.69, 9.17) is 18.9 Å². The molecule has 0 saturated carbocycles. The molecule has 0 atom stereocenters. The van der Waals surface area contributed by atoms with Crippen molar-refractivity contribution in [1.29, 1.82) is 0 Å². The fourth-order valence-corrected chi connectivity index (χ4v) is 8.83. The Balaban J connectivity index is 2.21. The van der Waals surface area contributed by atoms with Crippen molar-refractivity contribution in [1.82, 2.24) is 0 Å². The maximum absolute atomic E-state index is 5.97. The molecule has 0 unspecified atom stereocenters. The topological polar surface area (TPSA) is 36.9 Å². The molecule has 154 valence electrons. The van der Waals surface area contributed by atoms with Crippen LogP contribution in [0, 0.1) is 0 Å². The zero-order chi connectivity index (χ0) is 20.4. The van der Waals surface area contributed by atoms with Gasteiger partial charge in [0, 0.05) is 0 Å². The average molecular weight is 419 g/mol. The molecule has 2 aromatic carbocycles. The van der Waals surface area contributed by atoms with Gasteiger partial charge in [-0.3, -0.25) is 0 Å². The quantitative estimate of drug-likeness (QED) is 0.496. The molecule has 0 saturated heterocycles. The Kier molecular flexibility index (Phi) is 9.43. The van der Waals surface area contributed by atoms with Gasteiger partial charge in [0.25, 0.3) is 0 Å². The van der Waals surface area contributed by atoms with Crippen LogP contribution in [-0.2, 0) is 0 Å². The molecule has 4 nitrogen and oxygen atoms in total. The van der Waals surface area contributed by atoms with Gasteiger partial charge in [0.2, 0.25) is 0 Å². The minimum absolute atomic E-state index is 0.512. The summed E-state index contributed by atoms with van der Waals surface area (Å²) in [4.78, 5) is 0. The molecule has 6 heteroatoms. The first kappa shape index (κ1) is 22.4. The molecule has 2 aromatic rings. The van der Waals surface area contributed by atoms with Gasteiger partial charge in [0.15, 0.2) is 23.0 Å². The Morgan fingerprint density at radius 2 is 1.04 bits per heavy atom. The van der Waals surface area contributed by atoms with Gasteiger partial charge in [0.05, 0.1) is 45.5 Å². The summed E-state index contributed by atoms with van der Waals surface area (Å²) in [5.41, 5.74) is 0. The van der Waals surface area contributed by atoms with Crippen molar-refractivity contribution in [3.63, 3.8) is 0 Å². The second-order valence-electron chi connectivity index (χ2n) is 6.73. The third-order valence-corrected chi connectivity index (χ3v) is 9.55. The monoisotopic (exact) mass is 418 g/mol. The second-order valence-corrected chi connectivity index (χ2v) is 13.0. The third-order valence-electron chi connectivity index (χ3n) is 4.43. The number of hydrogen-bond donors (Lipinski definition) is 0. The van der Waals surface area contributed by atoms with Crippen LogP contribution in [0.15, 0.2) is 36.4 Å². The summed E-state index contributed by atoms with van der Waals surface area (Å²) in [6.07, 6.45) is 0. The van der Waals surface area contributed by atoms with Gasteiger partial charge in [-0.25, -0.2) is 0 Å². The number of rotatable bonds is 12. The van der Waals surface area contributed by atoms with E-state index in [0.717, 1.165) is 23.0 Å². The highest BCUT2D eigenvalue weighted by Crippen LogP contribution is 2.27. The molecule has 28 heavy (non-hydrogen) atoms. The van der Waals surface area contributed by atoms with Gasteiger partial charge in [-0.05, 0) is 50.2 Å². The van der Waals surface area contributed by atoms with E-state index in [0.29, 0.717) is 31.6 Å². The molecule has 0 aliphatic heterocycles. The summed E-state index contributed by atoms with van der Waals surface area (Å²) >= 11 is 0. The van der Waals surface area contributed by atoms with Crippen LogP contribution < -0.4 is 29.3 Å². The lowest BCUT2D eigenvalue weighted by molar-refractivity contribution is 0.289. The van der Waals surface area contributed by atoms with E-state index in [-0.39, 0.29) is 0 Å². The summed E-state index contributed by atoms with van der Waals surface area (Å²) in [6, 6.07) is 12.6. The highest BCUT2D eigenvalue weighted by atomic mass is 28.3. The largest absolute Gasteiger partial charge is 0.490 e. The zero-order valence-electron chi connectivity index (χ0n) is 17.9. The molecular formula is C22H34O4Si2. The van der Waals surface area contributed by atoms with Crippen LogP contribution >= 0.6 is 0 Å². The Bertz CT molecular complexity index is 675. The summed E-state index contributed by atoms with van der Waals surface area (Å²) in [6.45, 7) is 13.1. The number of ether oxygens (including phenoxy) is 4. The first-order chi connectivity index (χ1) is 13.6. The molecule has 0 aromatic heterocycles. The molecule has 0 N–H and O–H groups in total. The fourth-order valence-electron chi connectivity index (χ4n) is 3.42. The molecule has 0 fully saturated rings. The van der Waals surface area contributed by atoms with Crippen molar-refractivity contribution in [2.24, 2.45) is 0 Å². The maximum atomic E-state index is 5.97. The van der Waals surface area contributed by atoms with Crippen molar-refractivity contribution in [3.05, 3.63) is 36.4 Å². The van der Waals surface area contributed by atoms with E-state index in [1.54, 1.807) is 0 Å². The normalized spacial score (nSPS) is 12.6. The van der Waals surface area contributed by atoms with Gasteiger partial charge in [-0.1, -0.05) is 36.4 Å². The Morgan fingerprint density at radius 3 is 1.39 bits per heavy atom. The van der Waals surface area contributed by atoms with Gasteiger partial charge in [0.1, 0.15) is 0 Å². The summed E-state index contributed by atoms with van der Waals surface area (Å²) in [5, 5.41) is 3.39. The lowest BCUT2D eigenvalue weighted by Crippen LogP contribution is -2.30. The van der Waals surface area contributed by atoms with Crippen molar-refractivity contribution in [2.75, 3.05) is 26.4 Å². The van der Waals surface area contributed by atoms with Crippen LogP contribution in [0.4, 0.5) is 0 Å². The second kappa shape index (κ2) is 11.8. The molecule has 0 radical (unpaired) electrons. The first-order valence-electron chi connectivity index (χ1n) is 10.4. The molecular weight excluding hydrogens is 384 g/mol. The van der Waals surface area contributed by atoms with Crippen LogP contribution in [0.1, 0.15) is 34.6 Å². The molecule has 0 aliphatic rings. The SMILES string of the molecule is CCOc1cccc([SiH2]C(C)[SiH2]c2cccc(OCC)c2OCC)c1OCC. The van der Waals surface area contributed by atoms with Gasteiger partial charge in [-0.2, -0.15) is 0 Å². The molecule has 0 bridgehead atoms. The van der Waals surface area contributed by atoms with Crippen LogP contribution in [0.2, 0.25) is 5.16 Å². The van der Waals surface area contributed by atoms with E-state index >= 15 is 0 Å². The summed E-state index contributed by atoms with van der Waals surface area (Å²) in [7, 11) is -1.02. The summed E-state index contributed by atoms with van der Waals surface area (Å²) in [5.74, 6) is 3.65. The molecule has 0 aliphatic carbocycles. The van der Waals surface area contributed by atoms with E-state index in [1.807, 2.05) is 39.8 Å². The third kappa shape index (κ3) is 6.04. The maximum Gasteiger partial charge on any atom is 0.160 e. The van der Waals surface area contributed by atoms with Crippen molar-refractivity contribution in [2.45, 2.75) is 39.8 Å². The van der Waals surface area contributed by atoms with Crippen LogP contribution in [0.25, 0.3) is 0 Å². The van der Waals surface area contributed by atoms with E-state index in [1.165, 1.54) is 10.4 Å². The van der Waals surface area contributed by atoms with Gasteiger partial charge in [-0.15, -0.1) is 0 Å². The molecule has 0 amide bonds. The Hall–Kier alpha value is -1.93. The zero-order valence-corrected chi connectivity index (χ0v) is 20.7. The summed E-state index contributed by atoms with van der Waals surface area (Å²) < 4.78 is 23.5. The predicted octanol–water partition coefficient (Wildman–Crippen LogP) is 2.34. The predicted molar refractivity (Wildman–Crippen MR) is 123 cm³/mol. The smallest absolute Gasteiger partial charge is 0.160 e. The highest BCUT2D eigenvalue weighted by molar-refractivity contribution is 6.74. The Morgan fingerprint density at radius 1 is 0.643 bits per heavy atom. The first-order valence-corrected chi connectivity index (χ1v) is 13.4. The minimum Gasteiger partial charge on any atom is -0.490 e. The Labute approximate surface area is 174 Å².